The molecular formula is C21H23NO3S. The lowest BCUT2D eigenvalue weighted by Crippen LogP contribution is -2.26. The van der Waals surface area contributed by atoms with Gasteiger partial charge in [-0.15, -0.1) is 0 Å². The molecule has 3 aromatic rings. The highest BCUT2D eigenvalue weighted by molar-refractivity contribution is 7.89. The predicted molar refractivity (Wildman–Crippen MR) is 105 cm³/mol. The summed E-state index contributed by atoms with van der Waals surface area (Å²) in [5, 5.41) is 12.6. The Balaban J connectivity index is 1.72. The summed E-state index contributed by atoms with van der Waals surface area (Å²) in [5.41, 5.74) is 2.42. The summed E-state index contributed by atoms with van der Waals surface area (Å²) in [6.45, 7) is 3.81. The fourth-order valence-electron chi connectivity index (χ4n) is 3.10. The molecule has 1 atom stereocenters. The average Bonchev–Trinajstić information content (AvgIpc) is 2.63. The Morgan fingerprint density at radius 1 is 1.00 bits per heavy atom. The van der Waals surface area contributed by atoms with Crippen LogP contribution < -0.4 is 4.72 Å². The molecule has 0 fully saturated rings. The fourth-order valence-corrected chi connectivity index (χ4v) is 4.48. The number of fused-ring (bicyclic) bond motifs is 1. The topological polar surface area (TPSA) is 66.4 Å². The minimum atomic E-state index is -3.59. The molecule has 0 aliphatic heterocycles. The minimum absolute atomic E-state index is 0.167. The van der Waals surface area contributed by atoms with E-state index in [4.69, 9.17) is 0 Å². The lowest BCUT2D eigenvalue weighted by atomic mass is 9.99. The number of benzene rings is 3. The Morgan fingerprint density at radius 3 is 2.54 bits per heavy atom. The Labute approximate surface area is 154 Å². The highest BCUT2D eigenvalue weighted by Crippen LogP contribution is 2.26. The number of aliphatic hydroxyl groups is 1. The maximum atomic E-state index is 12.5. The zero-order valence-electron chi connectivity index (χ0n) is 14.9. The van der Waals surface area contributed by atoms with E-state index in [1.807, 2.05) is 55.5 Å². The van der Waals surface area contributed by atoms with Crippen LogP contribution in [-0.2, 0) is 10.0 Å². The molecule has 0 unspecified atom stereocenters. The van der Waals surface area contributed by atoms with Crippen molar-refractivity contribution in [1.29, 1.82) is 0 Å². The van der Waals surface area contributed by atoms with Crippen molar-refractivity contribution in [2.45, 2.75) is 31.3 Å². The van der Waals surface area contributed by atoms with Crippen molar-refractivity contribution in [3.05, 3.63) is 77.4 Å². The van der Waals surface area contributed by atoms with Gasteiger partial charge in [-0.25, -0.2) is 13.1 Å². The van der Waals surface area contributed by atoms with Crippen LogP contribution in [0.15, 0.2) is 65.6 Å². The van der Waals surface area contributed by atoms with Gasteiger partial charge in [-0.3, -0.25) is 0 Å². The van der Waals surface area contributed by atoms with Gasteiger partial charge in [0.05, 0.1) is 11.0 Å². The summed E-state index contributed by atoms with van der Waals surface area (Å²) in [6.07, 6.45) is -0.430. The molecule has 0 radical (unpaired) electrons. The third-order valence-corrected chi connectivity index (χ3v) is 6.13. The summed E-state index contributed by atoms with van der Waals surface area (Å²) in [4.78, 5) is 0.289. The first kappa shape index (κ1) is 18.6. The Morgan fingerprint density at radius 2 is 1.73 bits per heavy atom. The van der Waals surface area contributed by atoms with E-state index in [0.717, 1.165) is 21.9 Å². The lowest BCUT2D eigenvalue weighted by molar-refractivity contribution is 0.170. The van der Waals surface area contributed by atoms with Crippen LogP contribution in [0.4, 0.5) is 0 Å². The van der Waals surface area contributed by atoms with E-state index in [0.29, 0.717) is 12.0 Å². The Hall–Kier alpha value is -2.21. The zero-order chi connectivity index (χ0) is 18.7. The highest BCUT2D eigenvalue weighted by atomic mass is 32.2. The third-order valence-electron chi connectivity index (χ3n) is 4.53. The van der Waals surface area contributed by atoms with Crippen LogP contribution in [0.25, 0.3) is 10.8 Å². The van der Waals surface area contributed by atoms with E-state index in [1.165, 1.54) is 0 Å². The van der Waals surface area contributed by atoms with Crippen molar-refractivity contribution < 1.29 is 13.5 Å². The second-order valence-electron chi connectivity index (χ2n) is 6.54. The van der Waals surface area contributed by atoms with Crippen LogP contribution in [0.1, 0.15) is 29.2 Å². The first-order valence-corrected chi connectivity index (χ1v) is 10.1. The molecule has 0 aromatic heterocycles. The maximum Gasteiger partial charge on any atom is 0.240 e. The van der Waals surface area contributed by atoms with Gasteiger partial charge < -0.3 is 5.11 Å². The van der Waals surface area contributed by atoms with Gasteiger partial charge in [-0.1, -0.05) is 54.6 Å². The van der Waals surface area contributed by atoms with Crippen molar-refractivity contribution in [3.8, 4) is 0 Å². The molecule has 0 heterocycles. The number of hydrogen-bond donors (Lipinski definition) is 2. The van der Waals surface area contributed by atoms with E-state index >= 15 is 0 Å². The van der Waals surface area contributed by atoms with Crippen LogP contribution in [0.2, 0.25) is 0 Å². The van der Waals surface area contributed by atoms with Crippen LogP contribution in [0.5, 0.6) is 0 Å². The van der Waals surface area contributed by atoms with Gasteiger partial charge in [0.1, 0.15) is 0 Å². The molecular weight excluding hydrogens is 346 g/mol. The summed E-state index contributed by atoms with van der Waals surface area (Å²) in [5.74, 6) is 0. The molecule has 4 nitrogen and oxygen atoms in total. The molecule has 136 valence electrons. The number of aliphatic hydroxyl groups excluding tert-OH is 1. The first-order valence-electron chi connectivity index (χ1n) is 8.61. The lowest BCUT2D eigenvalue weighted by Gasteiger charge is -2.15. The summed E-state index contributed by atoms with van der Waals surface area (Å²) < 4.78 is 27.7. The van der Waals surface area contributed by atoms with Crippen molar-refractivity contribution in [2.24, 2.45) is 0 Å². The van der Waals surface area contributed by atoms with E-state index in [2.05, 4.69) is 4.72 Å². The van der Waals surface area contributed by atoms with Gasteiger partial charge >= 0.3 is 0 Å². The van der Waals surface area contributed by atoms with Crippen molar-refractivity contribution in [1.82, 2.24) is 4.72 Å². The predicted octanol–water partition coefficient (Wildman–Crippen LogP) is 3.86. The quantitative estimate of drug-likeness (QED) is 0.693. The summed E-state index contributed by atoms with van der Waals surface area (Å²) >= 11 is 0. The molecule has 0 saturated carbocycles. The molecule has 0 saturated heterocycles. The molecule has 26 heavy (non-hydrogen) atoms. The number of aryl methyl sites for hydroxylation is 2. The summed E-state index contributed by atoms with van der Waals surface area (Å²) in [7, 11) is -3.59. The van der Waals surface area contributed by atoms with Gasteiger partial charge in [0, 0.05) is 6.54 Å². The fraction of sp³-hybridized carbons (Fsp3) is 0.238. The molecule has 3 rings (SSSR count). The van der Waals surface area contributed by atoms with Crippen LogP contribution >= 0.6 is 0 Å². The number of hydrogen-bond acceptors (Lipinski definition) is 3. The maximum absolute atomic E-state index is 12.5. The normalized spacial score (nSPS) is 13.0. The largest absolute Gasteiger partial charge is 0.388 e. The van der Waals surface area contributed by atoms with Gasteiger partial charge in [-0.2, -0.15) is 0 Å². The van der Waals surface area contributed by atoms with Gasteiger partial charge in [0.15, 0.2) is 0 Å². The molecule has 3 aromatic carbocycles. The summed E-state index contributed by atoms with van der Waals surface area (Å²) in [6, 6.07) is 19.0. The second kappa shape index (κ2) is 7.58. The van der Waals surface area contributed by atoms with Gasteiger partial charge in [0.25, 0.3) is 0 Å². The van der Waals surface area contributed by atoms with Gasteiger partial charge in [0.2, 0.25) is 10.0 Å². The van der Waals surface area contributed by atoms with E-state index in [9.17, 15) is 13.5 Å². The number of rotatable bonds is 6. The Bertz CT molecular complexity index is 1020. The molecule has 2 N–H and O–H groups in total. The van der Waals surface area contributed by atoms with Crippen molar-refractivity contribution >= 4 is 20.8 Å². The monoisotopic (exact) mass is 369 g/mol. The van der Waals surface area contributed by atoms with Crippen molar-refractivity contribution in [3.63, 3.8) is 0 Å². The number of nitrogens with one attached hydrogen (secondary N) is 1. The van der Waals surface area contributed by atoms with Crippen LogP contribution in [0.3, 0.4) is 0 Å². The van der Waals surface area contributed by atoms with E-state index in [-0.39, 0.29) is 11.4 Å². The molecule has 0 bridgehead atoms. The molecule has 5 heteroatoms. The third kappa shape index (κ3) is 3.96. The molecule has 0 aliphatic rings. The smallest absolute Gasteiger partial charge is 0.240 e. The SMILES string of the molecule is Cc1ccc(C)c(S(=O)(=O)NCC[C@H](O)c2cccc3ccccc23)c1. The molecule has 0 amide bonds. The zero-order valence-corrected chi connectivity index (χ0v) is 15.8. The van der Waals surface area contributed by atoms with E-state index < -0.39 is 16.1 Å². The average molecular weight is 369 g/mol. The number of sulfonamides is 1. The van der Waals surface area contributed by atoms with Crippen molar-refractivity contribution in [2.75, 3.05) is 6.54 Å². The highest BCUT2D eigenvalue weighted by Gasteiger charge is 2.18. The minimum Gasteiger partial charge on any atom is -0.388 e. The van der Waals surface area contributed by atoms with Crippen LogP contribution in [-0.4, -0.2) is 20.1 Å². The molecule has 0 spiro atoms. The van der Waals surface area contributed by atoms with Crippen LogP contribution in [0, 0.1) is 13.8 Å². The Kier molecular flexibility index (Phi) is 5.41. The second-order valence-corrected chi connectivity index (χ2v) is 8.27. The standard InChI is InChI=1S/C21H23NO3S/c1-15-10-11-16(2)21(14-15)26(24,25)22-13-12-20(23)19-9-5-7-17-6-3-4-8-18(17)19/h3-11,14,20,22-23H,12-13H2,1-2H3/t20-/m0/s1. The first-order chi connectivity index (χ1) is 12.4. The molecule has 0 aliphatic carbocycles. The van der Waals surface area contributed by atoms with E-state index in [1.54, 1.807) is 19.1 Å². The van der Waals surface area contributed by atoms with Gasteiger partial charge in [-0.05, 0) is 53.8 Å².